The van der Waals surface area contributed by atoms with E-state index >= 15 is 0 Å². The van der Waals surface area contributed by atoms with E-state index in [4.69, 9.17) is 0 Å². The van der Waals surface area contributed by atoms with Gasteiger partial charge in [0, 0.05) is 25.1 Å². The smallest absolute Gasteiger partial charge is 0.251 e. The van der Waals surface area contributed by atoms with Gasteiger partial charge in [0.25, 0.3) is 5.91 Å². The average Bonchev–Trinajstić information content (AvgIpc) is 2.79. The molecule has 0 aliphatic heterocycles. The lowest BCUT2D eigenvalue weighted by atomic mass is 10.2. The highest BCUT2D eigenvalue weighted by molar-refractivity contribution is 5.97. The third-order valence-corrected chi connectivity index (χ3v) is 2.97. The number of carbonyl (C=O) groups excluding carboxylic acids is 1. The van der Waals surface area contributed by atoms with Crippen LogP contribution >= 0.6 is 0 Å². The lowest BCUT2D eigenvalue weighted by molar-refractivity contribution is 0.0951. The fourth-order valence-electron chi connectivity index (χ4n) is 1.87. The van der Waals surface area contributed by atoms with Crippen LogP contribution < -0.4 is 5.32 Å². The highest BCUT2D eigenvalue weighted by Gasteiger charge is 2.08. The van der Waals surface area contributed by atoms with E-state index in [-0.39, 0.29) is 5.91 Å². The molecule has 0 aliphatic rings. The molecule has 0 spiro atoms. The Bertz CT molecular complexity index is 574. The Labute approximate surface area is 113 Å². The van der Waals surface area contributed by atoms with Crippen molar-refractivity contribution in [2.45, 2.75) is 13.3 Å². The maximum absolute atomic E-state index is 12.0. The minimum absolute atomic E-state index is 0.0450. The van der Waals surface area contributed by atoms with Crippen LogP contribution in [0.25, 0.3) is 11.0 Å². The van der Waals surface area contributed by atoms with Crippen LogP contribution in [0.2, 0.25) is 0 Å². The van der Waals surface area contributed by atoms with Crippen molar-refractivity contribution in [2.75, 3.05) is 27.2 Å². The van der Waals surface area contributed by atoms with Gasteiger partial charge in [-0.1, -0.05) is 6.92 Å². The van der Waals surface area contributed by atoms with Gasteiger partial charge in [-0.05, 0) is 32.3 Å². The van der Waals surface area contributed by atoms with Gasteiger partial charge in [-0.2, -0.15) is 0 Å². The summed E-state index contributed by atoms with van der Waals surface area (Å²) in [5.41, 5.74) is 2.48. The number of aromatic amines is 1. The van der Waals surface area contributed by atoms with Crippen LogP contribution in [-0.2, 0) is 6.42 Å². The van der Waals surface area contributed by atoms with E-state index in [0.717, 1.165) is 29.8 Å². The fourth-order valence-corrected chi connectivity index (χ4v) is 1.87. The van der Waals surface area contributed by atoms with Gasteiger partial charge >= 0.3 is 0 Å². The Morgan fingerprint density at radius 3 is 2.89 bits per heavy atom. The van der Waals surface area contributed by atoms with E-state index in [9.17, 15) is 4.79 Å². The van der Waals surface area contributed by atoms with Crippen molar-refractivity contribution in [2.24, 2.45) is 0 Å². The number of aryl methyl sites for hydroxylation is 1. The molecule has 102 valence electrons. The number of nitrogens with zero attached hydrogens (tertiary/aromatic N) is 2. The maximum atomic E-state index is 12.0. The molecule has 1 amide bonds. The molecule has 0 atom stereocenters. The lowest BCUT2D eigenvalue weighted by Gasteiger charge is -2.10. The van der Waals surface area contributed by atoms with Crippen LogP contribution in [0.4, 0.5) is 0 Å². The Hall–Kier alpha value is -1.88. The summed E-state index contributed by atoms with van der Waals surface area (Å²) in [6, 6.07) is 5.55. The standard InChI is InChI=1S/C14H20N4O/c1-4-13-16-11-6-5-10(9-12(11)17-13)14(19)15-7-8-18(2)3/h5-6,9H,4,7-8H2,1-3H3,(H,15,19)(H,16,17). The maximum Gasteiger partial charge on any atom is 0.251 e. The largest absolute Gasteiger partial charge is 0.351 e. The second-order valence-electron chi connectivity index (χ2n) is 4.83. The van der Waals surface area contributed by atoms with Crippen LogP contribution in [0.3, 0.4) is 0 Å². The minimum Gasteiger partial charge on any atom is -0.351 e. The summed E-state index contributed by atoms with van der Waals surface area (Å²) in [5, 5.41) is 2.90. The first kappa shape index (κ1) is 13.5. The predicted molar refractivity (Wildman–Crippen MR) is 76.4 cm³/mol. The van der Waals surface area contributed by atoms with Gasteiger partial charge in [0.05, 0.1) is 11.0 Å². The zero-order chi connectivity index (χ0) is 13.8. The number of aromatic nitrogens is 2. The molecule has 0 aliphatic carbocycles. The van der Waals surface area contributed by atoms with Crippen LogP contribution in [0.15, 0.2) is 18.2 Å². The normalized spacial score (nSPS) is 11.2. The molecular weight excluding hydrogens is 240 g/mol. The molecule has 2 aromatic rings. The molecule has 5 heteroatoms. The van der Waals surface area contributed by atoms with Crippen molar-refractivity contribution in [1.82, 2.24) is 20.2 Å². The molecule has 1 heterocycles. The van der Waals surface area contributed by atoms with Crippen molar-refractivity contribution < 1.29 is 4.79 Å². The van der Waals surface area contributed by atoms with Gasteiger partial charge < -0.3 is 15.2 Å². The summed E-state index contributed by atoms with van der Waals surface area (Å²) in [7, 11) is 3.96. The fraction of sp³-hybridized carbons (Fsp3) is 0.429. The number of amides is 1. The molecule has 1 aromatic heterocycles. The van der Waals surface area contributed by atoms with E-state index < -0.39 is 0 Å². The van der Waals surface area contributed by atoms with Gasteiger partial charge in [0.15, 0.2) is 0 Å². The molecule has 0 fully saturated rings. The van der Waals surface area contributed by atoms with Crippen molar-refractivity contribution in [3.05, 3.63) is 29.6 Å². The third-order valence-electron chi connectivity index (χ3n) is 2.97. The van der Waals surface area contributed by atoms with E-state index in [1.807, 2.05) is 44.1 Å². The number of fused-ring (bicyclic) bond motifs is 1. The van der Waals surface area contributed by atoms with Crippen LogP contribution in [0.1, 0.15) is 23.1 Å². The number of rotatable bonds is 5. The second kappa shape index (κ2) is 5.84. The highest BCUT2D eigenvalue weighted by Crippen LogP contribution is 2.14. The van der Waals surface area contributed by atoms with E-state index in [1.165, 1.54) is 0 Å². The number of carbonyl (C=O) groups is 1. The average molecular weight is 260 g/mol. The Morgan fingerprint density at radius 1 is 1.42 bits per heavy atom. The molecular formula is C14H20N4O. The van der Waals surface area contributed by atoms with Crippen LogP contribution in [-0.4, -0.2) is 48.0 Å². The highest BCUT2D eigenvalue weighted by atomic mass is 16.1. The summed E-state index contributed by atoms with van der Waals surface area (Å²) in [5.74, 6) is 0.900. The van der Waals surface area contributed by atoms with Crippen molar-refractivity contribution in [3.8, 4) is 0 Å². The van der Waals surface area contributed by atoms with Gasteiger partial charge in [0.2, 0.25) is 0 Å². The van der Waals surface area contributed by atoms with E-state index in [1.54, 1.807) is 0 Å². The van der Waals surface area contributed by atoms with Crippen LogP contribution in [0, 0.1) is 0 Å². The van der Waals surface area contributed by atoms with Crippen molar-refractivity contribution >= 4 is 16.9 Å². The quantitative estimate of drug-likeness (QED) is 0.854. The summed E-state index contributed by atoms with van der Waals surface area (Å²) in [6.45, 7) is 3.53. The number of H-pyrrole nitrogens is 1. The zero-order valence-electron chi connectivity index (χ0n) is 11.7. The molecule has 1 aromatic carbocycles. The molecule has 5 nitrogen and oxygen atoms in total. The molecule has 0 saturated carbocycles. The lowest BCUT2D eigenvalue weighted by Crippen LogP contribution is -2.31. The van der Waals surface area contributed by atoms with Gasteiger partial charge in [-0.15, -0.1) is 0 Å². The number of benzene rings is 1. The monoisotopic (exact) mass is 260 g/mol. The molecule has 2 rings (SSSR count). The first-order valence-corrected chi connectivity index (χ1v) is 6.51. The summed E-state index contributed by atoms with van der Waals surface area (Å²) >= 11 is 0. The Morgan fingerprint density at radius 2 is 2.21 bits per heavy atom. The summed E-state index contributed by atoms with van der Waals surface area (Å²) < 4.78 is 0. The second-order valence-corrected chi connectivity index (χ2v) is 4.83. The summed E-state index contributed by atoms with van der Waals surface area (Å²) in [6.07, 6.45) is 0.860. The molecule has 0 radical (unpaired) electrons. The number of hydrogen-bond donors (Lipinski definition) is 2. The van der Waals surface area contributed by atoms with Crippen molar-refractivity contribution in [3.63, 3.8) is 0 Å². The van der Waals surface area contributed by atoms with E-state index in [2.05, 4.69) is 15.3 Å². The molecule has 19 heavy (non-hydrogen) atoms. The number of hydrogen-bond acceptors (Lipinski definition) is 3. The zero-order valence-corrected chi connectivity index (χ0v) is 11.7. The molecule has 0 saturated heterocycles. The molecule has 0 unspecified atom stereocenters. The van der Waals surface area contributed by atoms with E-state index in [0.29, 0.717) is 12.1 Å². The Balaban J connectivity index is 2.09. The van der Waals surface area contributed by atoms with Gasteiger partial charge in [0.1, 0.15) is 5.82 Å². The number of imidazole rings is 1. The molecule has 2 N–H and O–H groups in total. The first-order valence-electron chi connectivity index (χ1n) is 6.51. The van der Waals surface area contributed by atoms with Crippen LogP contribution in [0.5, 0.6) is 0 Å². The topological polar surface area (TPSA) is 61.0 Å². The Kier molecular flexibility index (Phi) is 4.16. The number of likely N-dealkylation sites (N-methyl/N-ethyl adjacent to an activating group) is 1. The third kappa shape index (κ3) is 3.32. The predicted octanol–water partition coefficient (Wildman–Crippen LogP) is 1.42. The number of nitrogens with one attached hydrogen (secondary N) is 2. The molecule has 0 bridgehead atoms. The summed E-state index contributed by atoms with van der Waals surface area (Å²) in [4.78, 5) is 21.7. The van der Waals surface area contributed by atoms with Gasteiger partial charge in [-0.3, -0.25) is 4.79 Å². The first-order chi connectivity index (χ1) is 9.10. The SMILES string of the molecule is CCc1nc2ccc(C(=O)NCCN(C)C)cc2[nH]1. The van der Waals surface area contributed by atoms with Gasteiger partial charge in [-0.25, -0.2) is 4.98 Å². The minimum atomic E-state index is -0.0450. The van der Waals surface area contributed by atoms with Crippen molar-refractivity contribution in [1.29, 1.82) is 0 Å².